The number of hydrogen-bond acceptors (Lipinski definition) is 8. The van der Waals surface area contributed by atoms with Crippen LogP contribution in [0.5, 0.6) is 0 Å². The van der Waals surface area contributed by atoms with Crippen molar-refractivity contribution in [3.05, 3.63) is 0 Å². The molecule has 0 spiro atoms. The van der Waals surface area contributed by atoms with Gasteiger partial charge in [0, 0.05) is 12.5 Å². The summed E-state index contributed by atoms with van der Waals surface area (Å²) >= 11 is 0. The quantitative estimate of drug-likeness (QED) is 0.397. The maximum atomic E-state index is 9.08. The largest absolute Gasteiger partial charge is 4.00 e. The second kappa shape index (κ2) is 14.1. The smallest absolute Gasteiger partial charge is 0.870 e. The Morgan fingerprint density at radius 3 is 0.786 bits per heavy atom. The first-order valence-corrected chi connectivity index (χ1v) is 5.45. The molecule has 0 amide bonds. The Labute approximate surface area is 116 Å². The second-order valence-corrected chi connectivity index (χ2v) is 4.22. The van der Waals surface area contributed by atoms with E-state index in [-0.39, 0.29) is 58.2 Å². The number of hydrogen-bond donors (Lipinski definition) is 0. The third-order valence-electron chi connectivity index (χ3n) is 0. The van der Waals surface area contributed by atoms with Crippen molar-refractivity contribution in [2.75, 3.05) is 12.5 Å². The van der Waals surface area contributed by atoms with Gasteiger partial charge in [0.1, 0.15) is 0 Å². The first-order valence-electron chi connectivity index (χ1n) is 1.82. The molecule has 0 unspecified atom stereocenters. The van der Waals surface area contributed by atoms with Crippen LogP contribution in [0.2, 0.25) is 0 Å². The average molecular weight is 382 g/mol. The SMILES string of the molecule is CS(=O)(=O)[O-].CS(=O)(=O)[O-].O.[Ce+4].[OH-].[OH-]. The van der Waals surface area contributed by atoms with Gasteiger partial charge in [-0.2, -0.15) is 0 Å². The Kier molecular flexibility index (Phi) is 36.5. The summed E-state index contributed by atoms with van der Waals surface area (Å²) in [5.41, 5.74) is 0. The summed E-state index contributed by atoms with van der Waals surface area (Å²) < 4.78 is 54.5. The Morgan fingerprint density at radius 2 is 0.786 bits per heavy atom. The fraction of sp³-hybridized carbons (Fsp3) is 1.00. The molecule has 0 atom stereocenters. The summed E-state index contributed by atoms with van der Waals surface area (Å²) in [6.07, 6.45) is 1.21. The van der Waals surface area contributed by atoms with Gasteiger partial charge in [0.15, 0.2) is 0 Å². The van der Waals surface area contributed by atoms with Crippen LogP contribution in [-0.4, -0.2) is 54.9 Å². The maximum absolute atomic E-state index is 9.08. The van der Waals surface area contributed by atoms with Crippen molar-refractivity contribution in [1.29, 1.82) is 0 Å². The van der Waals surface area contributed by atoms with Crippen molar-refractivity contribution < 1.29 is 84.1 Å². The Balaban J connectivity index is -0.0000000178. The first kappa shape index (κ1) is 36.3. The van der Waals surface area contributed by atoms with Crippen molar-refractivity contribution in [3.8, 4) is 0 Å². The summed E-state index contributed by atoms with van der Waals surface area (Å²) in [5, 5.41) is 0. The molecule has 0 heterocycles. The van der Waals surface area contributed by atoms with E-state index < -0.39 is 20.2 Å². The Hall–Kier alpha value is 1.08. The minimum atomic E-state index is -3.92. The average Bonchev–Trinajstić information content (AvgIpc) is 1.12. The molecular weight excluding hydrogens is 372 g/mol. The molecule has 4 N–H and O–H groups in total. The molecule has 0 aliphatic carbocycles. The van der Waals surface area contributed by atoms with Crippen LogP contribution in [0.15, 0.2) is 0 Å². The Bertz CT molecular complexity index is 217. The molecule has 0 saturated carbocycles. The van der Waals surface area contributed by atoms with E-state index in [0.29, 0.717) is 12.5 Å². The fourth-order valence-corrected chi connectivity index (χ4v) is 0. The van der Waals surface area contributed by atoms with Gasteiger partial charge in [-0.1, -0.05) is 0 Å². The van der Waals surface area contributed by atoms with Crippen LogP contribution >= 0.6 is 0 Å². The zero-order valence-electron chi connectivity index (χ0n) is 7.16. The molecule has 0 saturated heterocycles. The minimum Gasteiger partial charge on any atom is -0.870 e. The van der Waals surface area contributed by atoms with E-state index in [4.69, 9.17) is 25.9 Å². The van der Waals surface area contributed by atoms with Crippen LogP contribution in [0.3, 0.4) is 0 Å². The zero-order valence-corrected chi connectivity index (χ0v) is 11.9. The summed E-state index contributed by atoms with van der Waals surface area (Å²) in [4.78, 5) is 0. The second-order valence-electron chi connectivity index (χ2n) is 1.41. The summed E-state index contributed by atoms with van der Waals surface area (Å²) in [6, 6.07) is 0. The molecule has 0 aromatic rings. The monoisotopic (exact) mass is 382 g/mol. The van der Waals surface area contributed by atoms with Crippen molar-refractivity contribution in [1.82, 2.24) is 0 Å². The molecule has 12 heteroatoms. The molecule has 88 valence electrons. The van der Waals surface area contributed by atoms with E-state index >= 15 is 0 Å². The van der Waals surface area contributed by atoms with Gasteiger partial charge >= 0.3 is 41.7 Å². The molecule has 14 heavy (non-hydrogen) atoms. The molecule has 0 radical (unpaired) electrons. The van der Waals surface area contributed by atoms with E-state index in [2.05, 4.69) is 0 Å². The predicted molar refractivity (Wildman–Crippen MR) is 38.7 cm³/mol. The zero-order chi connectivity index (χ0) is 9.00. The maximum Gasteiger partial charge on any atom is 4.00 e. The van der Waals surface area contributed by atoms with Crippen molar-refractivity contribution in [2.45, 2.75) is 0 Å². The molecule has 0 fully saturated rings. The van der Waals surface area contributed by atoms with E-state index in [1.54, 1.807) is 0 Å². The van der Waals surface area contributed by atoms with Crippen molar-refractivity contribution in [2.24, 2.45) is 0 Å². The minimum absolute atomic E-state index is 0. The summed E-state index contributed by atoms with van der Waals surface area (Å²) in [7, 11) is -7.83. The van der Waals surface area contributed by atoms with Gasteiger partial charge in [-0.25, -0.2) is 16.8 Å². The summed E-state index contributed by atoms with van der Waals surface area (Å²) in [6.45, 7) is 0. The van der Waals surface area contributed by atoms with Crippen LogP contribution in [0.1, 0.15) is 0 Å². The molecule has 0 aliphatic rings. The normalized spacial score (nSPS) is 8.29. The third kappa shape index (κ3) is 1650. The van der Waals surface area contributed by atoms with Gasteiger partial charge in [0.05, 0.1) is 20.2 Å². The van der Waals surface area contributed by atoms with Gasteiger partial charge < -0.3 is 25.5 Å². The van der Waals surface area contributed by atoms with Crippen LogP contribution in [0.4, 0.5) is 0 Å². The molecule has 9 nitrogen and oxygen atoms in total. The standard InChI is InChI=1S/2CH4O3S.Ce.3H2O/c2*1-5(2,3)4;;;;/h2*1H3,(H,2,3,4);;3*1H2/q;;+4;;;/p-4. The topological polar surface area (TPSA) is 206 Å². The third-order valence-corrected chi connectivity index (χ3v) is 0. The molecule has 0 aromatic carbocycles. The van der Waals surface area contributed by atoms with E-state index in [0.717, 1.165) is 0 Å². The van der Waals surface area contributed by atoms with E-state index in [1.165, 1.54) is 0 Å². The van der Waals surface area contributed by atoms with Crippen LogP contribution < -0.4 is 0 Å². The molecule has 0 bridgehead atoms. The first-order chi connectivity index (χ1) is 4.00. The Morgan fingerprint density at radius 1 is 0.786 bits per heavy atom. The van der Waals surface area contributed by atoms with Gasteiger partial charge in [0.2, 0.25) is 0 Å². The molecule has 0 rings (SSSR count). The van der Waals surface area contributed by atoms with Gasteiger partial charge in [-0.05, 0) is 0 Å². The van der Waals surface area contributed by atoms with Gasteiger partial charge in [-0.3, -0.25) is 0 Å². The summed E-state index contributed by atoms with van der Waals surface area (Å²) in [5.74, 6) is 0. The number of rotatable bonds is 0. The van der Waals surface area contributed by atoms with Crippen LogP contribution in [0.25, 0.3) is 0 Å². The van der Waals surface area contributed by atoms with Crippen LogP contribution in [0, 0.1) is 41.7 Å². The molecule has 0 aromatic heterocycles. The fourth-order valence-electron chi connectivity index (χ4n) is 0. The van der Waals surface area contributed by atoms with Gasteiger partial charge in [-0.15, -0.1) is 0 Å². The van der Waals surface area contributed by atoms with Crippen molar-refractivity contribution in [3.63, 3.8) is 0 Å². The molecule has 0 aliphatic heterocycles. The van der Waals surface area contributed by atoms with Crippen molar-refractivity contribution >= 4 is 20.2 Å². The van der Waals surface area contributed by atoms with Gasteiger partial charge in [0.25, 0.3) is 0 Å². The predicted octanol–water partition coefficient (Wildman–Crippen LogP) is -2.86. The van der Waals surface area contributed by atoms with Crippen LogP contribution in [-0.2, 0) is 20.2 Å². The van der Waals surface area contributed by atoms with E-state index in [9.17, 15) is 0 Å². The van der Waals surface area contributed by atoms with E-state index in [1.807, 2.05) is 0 Å². The molecular formula is C2H10CeO9S2.